The zero-order chi connectivity index (χ0) is 13.6. The smallest absolute Gasteiger partial charge is 0.333 e. The van der Waals surface area contributed by atoms with Crippen molar-refractivity contribution in [1.29, 1.82) is 0 Å². The van der Waals surface area contributed by atoms with Gasteiger partial charge in [-0.25, -0.2) is 4.79 Å². The number of carbonyl (C=O) groups is 1. The van der Waals surface area contributed by atoms with Crippen molar-refractivity contribution in [3.63, 3.8) is 0 Å². The minimum atomic E-state index is -0.272. The summed E-state index contributed by atoms with van der Waals surface area (Å²) in [5, 5.41) is 0. The molecule has 0 N–H and O–H groups in total. The molecule has 3 nitrogen and oxygen atoms in total. The molecule has 0 saturated heterocycles. The Morgan fingerprint density at radius 1 is 0.944 bits per heavy atom. The SMILES string of the molecule is C=C(C)C(=O)OCCCCCCCCCOCC. The van der Waals surface area contributed by atoms with E-state index in [9.17, 15) is 4.79 Å². The fourth-order valence-corrected chi connectivity index (χ4v) is 1.62. The molecule has 0 atom stereocenters. The summed E-state index contributed by atoms with van der Waals surface area (Å²) < 4.78 is 10.3. The summed E-state index contributed by atoms with van der Waals surface area (Å²) in [7, 11) is 0. The normalized spacial score (nSPS) is 10.3. The summed E-state index contributed by atoms with van der Waals surface area (Å²) in [6.07, 6.45) is 8.28. The van der Waals surface area contributed by atoms with Crippen molar-refractivity contribution in [2.24, 2.45) is 0 Å². The fraction of sp³-hybridized carbons (Fsp3) is 0.800. The van der Waals surface area contributed by atoms with Gasteiger partial charge in [0.15, 0.2) is 0 Å². The number of unbranched alkanes of at least 4 members (excludes halogenated alkanes) is 6. The van der Waals surface area contributed by atoms with E-state index in [0.29, 0.717) is 12.2 Å². The molecule has 0 fully saturated rings. The lowest BCUT2D eigenvalue weighted by Crippen LogP contribution is -2.05. The third-order valence-electron chi connectivity index (χ3n) is 2.72. The van der Waals surface area contributed by atoms with Crippen molar-refractivity contribution in [3.8, 4) is 0 Å². The average Bonchev–Trinajstić information content (AvgIpc) is 2.35. The molecule has 0 aromatic heterocycles. The molecule has 0 bridgehead atoms. The van der Waals surface area contributed by atoms with E-state index in [2.05, 4.69) is 6.58 Å². The molecule has 0 rings (SSSR count). The van der Waals surface area contributed by atoms with Crippen LogP contribution in [-0.2, 0) is 14.3 Å². The zero-order valence-electron chi connectivity index (χ0n) is 12.0. The van der Waals surface area contributed by atoms with Gasteiger partial charge in [0.2, 0.25) is 0 Å². The zero-order valence-corrected chi connectivity index (χ0v) is 12.0. The molecule has 18 heavy (non-hydrogen) atoms. The van der Waals surface area contributed by atoms with Crippen LogP contribution in [0.15, 0.2) is 12.2 Å². The molecule has 0 aliphatic heterocycles. The Morgan fingerprint density at radius 3 is 1.94 bits per heavy atom. The molecule has 0 amide bonds. The van der Waals surface area contributed by atoms with Gasteiger partial charge in [-0.2, -0.15) is 0 Å². The highest BCUT2D eigenvalue weighted by Gasteiger charge is 2.01. The maximum absolute atomic E-state index is 11.1. The maximum Gasteiger partial charge on any atom is 0.333 e. The molecule has 3 heteroatoms. The van der Waals surface area contributed by atoms with E-state index < -0.39 is 0 Å². The Balaban J connectivity index is 3.07. The standard InChI is InChI=1S/C15H28O3/c1-4-17-12-10-8-6-5-7-9-11-13-18-15(16)14(2)3/h2,4-13H2,1,3H3. The molecule has 106 valence electrons. The van der Waals surface area contributed by atoms with Crippen molar-refractivity contribution in [3.05, 3.63) is 12.2 Å². The minimum absolute atomic E-state index is 0.272. The third-order valence-corrected chi connectivity index (χ3v) is 2.72. The van der Waals surface area contributed by atoms with Crippen LogP contribution in [-0.4, -0.2) is 25.8 Å². The Morgan fingerprint density at radius 2 is 1.44 bits per heavy atom. The lowest BCUT2D eigenvalue weighted by Gasteiger charge is -2.04. The highest BCUT2D eigenvalue weighted by atomic mass is 16.5. The Hall–Kier alpha value is -0.830. The lowest BCUT2D eigenvalue weighted by atomic mass is 10.1. The van der Waals surface area contributed by atoms with Gasteiger partial charge >= 0.3 is 5.97 Å². The van der Waals surface area contributed by atoms with Crippen LogP contribution in [0.25, 0.3) is 0 Å². The van der Waals surface area contributed by atoms with Crippen LogP contribution in [0.2, 0.25) is 0 Å². The van der Waals surface area contributed by atoms with Gasteiger partial charge in [0.1, 0.15) is 0 Å². The second-order valence-corrected chi connectivity index (χ2v) is 4.59. The van der Waals surface area contributed by atoms with Crippen LogP contribution >= 0.6 is 0 Å². The first kappa shape index (κ1) is 17.2. The second kappa shape index (κ2) is 12.6. The fourth-order valence-electron chi connectivity index (χ4n) is 1.62. The highest BCUT2D eigenvalue weighted by molar-refractivity contribution is 5.86. The van der Waals surface area contributed by atoms with E-state index in [1.165, 1.54) is 32.1 Å². The minimum Gasteiger partial charge on any atom is -0.462 e. The summed E-state index contributed by atoms with van der Waals surface area (Å²) in [5.74, 6) is -0.272. The first-order valence-electron chi connectivity index (χ1n) is 7.08. The monoisotopic (exact) mass is 256 g/mol. The Kier molecular flexibility index (Phi) is 12.0. The van der Waals surface area contributed by atoms with Crippen LogP contribution in [0.3, 0.4) is 0 Å². The Bertz CT molecular complexity index is 224. The van der Waals surface area contributed by atoms with E-state index in [4.69, 9.17) is 9.47 Å². The first-order chi connectivity index (χ1) is 8.68. The molecule has 0 saturated carbocycles. The molecule has 0 aromatic rings. The van der Waals surface area contributed by atoms with Gasteiger partial charge in [0, 0.05) is 18.8 Å². The number of ether oxygens (including phenoxy) is 2. The number of hydrogen-bond acceptors (Lipinski definition) is 3. The highest BCUT2D eigenvalue weighted by Crippen LogP contribution is 2.07. The van der Waals surface area contributed by atoms with E-state index in [1.807, 2.05) is 6.92 Å². The summed E-state index contributed by atoms with van der Waals surface area (Å²) >= 11 is 0. The molecule has 0 spiro atoms. The number of hydrogen-bond donors (Lipinski definition) is 0. The van der Waals surface area contributed by atoms with Crippen molar-refractivity contribution >= 4 is 5.97 Å². The number of esters is 1. The topological polar surface area (TPSA) is 35.5 Å². The average molecular weight is 256 g/mol. The van der Waals surface area contributed by atoms with Gasteiger partial charge in [-0.05, 0) is 26.7 Å². The van der Waals surface area contributed by atoms with Crippen LogP contribution in [0.4, 0.5) is 0 Å². The quantitative estimate of drug-likeness (QED) is 0.302. The van der Waals surface area contributed by atoms with E-state index in [-0.39, 0.29) is 5.97 Å². The predicted molar refractivity (Wildman–Crippen MR) is 74.6 cm³/mol. The molecule has 0 radical (unpaired) electrons. The van der Waals surface area contributed by atoms with Crippen molar-refractivity contribution in [1.82, 2.24) is 0 Å². The Labute approximate surface area is 112 Å². The molecular weight excluding hydrogens is 228 g/mol. The van der Waals surface area contributed by atoms with Gasteiger partial charge < -0.3 is 9.47 Å². The molecule has 0 heterocycles. The van der Waals surface area contributed by atoms with Crippen LogP contribution in [0.5, 0.6) is 0 Å². The largest absolute Gasteiger partial charge is 0.462 e. The van der Waals surface area contributed by atoms with Crippen LogP contribution in [0, 0.1) is 0 Å². The maximum atomic E-state index is 11.1. The molecule has 0 aromatic carbocycles. The summed E-state index contributed by atoms with van der Waals surface area (Å²) in [5.41, 5.74) is 0.476. The van der Waals surface area contributed by atoms with Gasteiger partial charge in [-0.1, -0.05) is 38.7 Å². The van der Waals surface area contributed by atoms with Crippen LogP contribution in [0.1, 0.15) is 58.8 Å². The molecule has 0 aliphatic carbocycles. The van der Waals surface area contributed by atoms with Crippen molar-refractivity contribution in [2.45, 2.75) is 58.8 Å². The van der Waals surface area contributed by atoms with E-state index in [1.54, 1.807) is 6.92 Å². The number of rotatable bonds is 12. The van der Waals surface area contributed by atoms with Gasteiger partial charge in [0.05, 0.1) is 6.61 Å². The molecule has 0 unspecified atom stereocenters. The number of carbonyl (C=O) groups excluding carboxylic acids is 1. The third kappa shape index (κ3) is 11.6. The van der Waals surface area contributed by atoms with E-state index in [0.717, 1.165) is 26.1 Å². The van der Waals surface area contributed by atoms with Gasteiger partial charge in [-0.15, -0.1) is 0 Å². The summed E-state index contributed by atoms with van der Waals surface area (Å²) in [6, 6.07) is 0. The first-order valence-corrected chi connectivity index (χ1v) is 7.08. The van der Waals surface area contributed by atoms with E-state index >= 15 is 0 Å². The summed E-state index contributed by atoms with van der Waals surface area (Å²) in [4.78, 5) is 11.1. The van der Waals surface area contributed by atoms with Crippen molar-refractivity contribution in [2.75, 3.05) is 19.8 Å². The van der Waals surface area contributed by atoms with Crippen LogP contribution < -0.4 is 0 Å². The summed E-state index contributed by atoms with van der Waals surface area (Å²) in [6.45, 7) is 9.48. The second-order valence-electron chi connectivity index (χ2n) is 4.59. The van der Waals surface area contributed by atoms with Crippen molar-refractivity contribution < 1.29 is 14.3 Å². The lowest BCUT2D eigenvalue weighted by molar-refractivity contribution is -0.139. The predicted octanol–water partition coefficient (Wildman–Crippen LogP) is 3.87. The molecule has 0 aliphatic rings. The molecular formula is C15H28O3. The van der Waals surface area contributed by atoms with Gasteiger partial charge in [0.25, 0.3) is 0 Å². The van der Waals surface area contributed by atoms with Gasteiger partial charge in [-0.3, -0.25) is 0 Å².